The molecule has 0 amide bonds. The fourth-order valence-electron chi connectivity index (χ4n) is 0.972. The van der Waals surface area contributed by atoms with Crippen molar-refractivity contribution in [2.24, 2.45) is 0 Å². The van der Waals surface area contributed by atoms with E-state index in [-0.39, 0.29) is 0 Å². The molecule has 0 heterocycles. The summed E-state index contributed by atoms with van der Waals surface area (Å²) in [6, 6.07) is 0. The molecule has 0 aromatic rings. The van der Waals surface area contributed by atoms with Crippen LogP contribution in [0.25, 0.3) is 0 Å². The predicted octanol–water partition coefficient (Wildman–Crippen LogP) is 1.93. The second-order valence-electron chi connectivity index (χ2n) is 2.23. The van der Waals surface area contributed by atoms with Crippen molar-refractivity contribution in [3.05, 3.63) is 0 Å². The van der Waals surface area contributed by atoms with E-state index in [1.165, 1.54) is 6.42 Å². The number of alkyl halides is 1. The smallest absolute Gasteiger partial charge is 0.133 e. The molecule has 0 N–H and O–H groups in total. The molecule has 1 saturated carbocycles. The maximum atomic E-state index is 10.7. The summed E-state index contributed by atoms with van der Waals surface area (Å²) in [5, 5.41) is 0. The quantitative estimate of drug-likeness (QED) is 0.454. The highest BCUT2D eigenvalue weighted by Gasteiger charge is 2.15. The zero-order chi connectivity index (χ0) is 5.98. The molecule has 0 aromatic carbocycles. The Hall–Kier alpha value is 0.400. The van der Waals surface area contributed by atoms with Crippen molar-refractivity contribution in [1.82, 2.24) is 0 Å². The topological polar surface area (TPSA) is 17.1 Å². The maximum absolute atomic E-state index is 10.7. The Kier molecular flexibility index (Phi) is 2.28. The molecule has 1 aliphatic carbocycles. The first kappa shape index (κ1) is 6.52. The molecule has 1 atom stereocenters. The van der Waals surface area contributed by atoms with E-state index < -0.39 is 0 Å². The van der Waals surface area contributed by atoms with Crippen LogP contribution in [-0.2, 0) is 4.79 Å². The summed E-state index contributed by atoms with van der Waals surface area (Å²) >= 11 is 2.35. The standard InChI is InChI=1S/C6H9IO/c7-5-2-1-3-6(8)4-5/h5H,1-4H2. The van der Waals surface area contributed by atoms with Crippen LogP contribution in [0.2, 0.25) is 0 Å². The Labute approximate surface area is 63.0 Å². The molecule has 1 rings (SSSR count). The molecule has 1 fully saturated rings. The summed E-state index contributed by atoms with van der Waals surface area (Å²) in [6.07, 6.45) is 4.01. The summed E-state index contributed by atoms with van der Waals surface area (Å²) in [5.41, 5.74) is 0. The number of ketones is 1. The summed E-state index contributed by atoms with van der Waals surface area (Å²) < 4.78 is 0.633. The molecule has 46 valence electrons. The molecule has 0 aromatic heterocycles. The summed E-state index contributed by atoms with van der Waals surface area (Å²) in [7, 11) is 0. The van der Waals surface area contributed by atoms with E-state index in [0.717, 1.165) is 19.3 Å². The lowest BCUT2D eigenvalue weighted by atomic mass is 10.00. The lowest BCUT2D eigenvalue weighted by Crippen LogP contribution is -2.13. The van der Waals surface area contributed by atoms with Crippen molar-refractivity contribution >= 4 is 28.4 Å². The van der Waals surface area contributed by atoms with E-state index in [2.05, 4.69) is 22.6 Å². The molecule has 1 aliphatic rings. The highest BCUT2D eigenvalue weighted by molar-refractivity contribution is 14.1. The lowest BCUT2D eigenvalue weighted by Gasteiger charge is -2.13. The average Bonchev–Trinajstić information content (AvgIpc) is 1.64. The van der Waals surface area contributed by atoms with E-state index in [9.17, 15) is 4.79 Å². The third-order valence-corrected chi connectivity index (χ3v) is 2.49. The van der Waals surface area contributed by atoms with Crippen LogP contribution in [0.5, 0.6) is 0 Å². The van der Waals surface area contributed by atoms with Gasteiger partial charge in [0.1, 0.15) is 5.78 Å². The van der Waals surface area contributed by atoms with Crippen molar-refractivity contribution in [1.29, 1.82) is 0 Å². The van der Waals surface area contributed by atoms with Crippen LogP contribution in [0.4, 0.5) is 0 Å². The van der Waals surface area contributed by atoms with E-state index >= 15 is 0 Å². The molecule has 0 saturated heterocycles. The van der Waals surface area contributed by atoms with Crippen LogP contribution in [0.1, 0.15) is 25.7 Å². The van der Waals surface area contributed by atoms with Crippen molar-refractivity contribution in [2.45, 2.75) is 29.6 Å². The number of Topliss-reactive ketones (excluding diaryl/α,β-unsaturated/α-hetero) is 1. The van der Waals surface area contributed by atoms with E-state index in [4.69, 9.17) is 0 Å². The van der Waals surface area contributed by atoms with Crippen LogP contribution in [-0.4, -0.2) is 9.71 Å². The number of carbonyl (C=O) groups excluding carboxylic acids is 1. The van der Waals surface area contributed by atoms with Crippen LogP contribution >= 0.6 is 22.6 Å². The molecule has 1 unspecified atom stereocenters. The van der Waals surface area contributed by atoms with Gasteiger partial charge in [-0.3, -0.25) is 4.79 Å². The summed E-state index contributed by atoms with van der Waals surface area (Å²) in [6.45, 7) is 0. The molecule has 0 bridgehead atoms. The Morgan fingerprint density at radius 3 is 2.75 bits per heavy atom. The van der Waals surface area contributed by atoms with Crippen molar-refractivity contribution in [2.75, 3.05) is 0 Å². The third-order valence-electron chi connectivity index (χ3n) is 1.42. The highest BCUT2D eigenvalue weighted by atomic mass is 127. The van der Waals surface area contributed by atoms with Crippen LogP contribution < -0.4 is 0 Å². The van der Waals surface area contributed by atoms with E-state index in [0.29, 0.717) is 9.71 Å². The molecule has 0 spiro atoms. The first-order valence-corrected chi connectivity index (χ1v) is 4.19. The minimum atomic E-state index is 0.454. The molecule has 0 aliphatic heterocycles. The highest BCUT2D eigenvalue weighted by Crippen LogP contribution is 2.21. The van der Waals surface area contributed by atoms with Crippen molar-refractivity contribution in [3.8, 4) is 0 Å². The molecular weight excluding hydrogens is 215 g/mol. The Morgan fingerprint density at radius 2 is 2.38 bits per heavy atom. The van der Waals surface area contributed by atoms with Crippen LogP contribution in [0.3, 0.4) is 0 Å². The molecular formula is C6H9IO. The van der Waals surface area contributed by atoms with Gasteiger partial charge in [-0.1, -0.05) is 22.6 Å². The summed E-state index contributed by atoms with van der Waals surface area (Å²) in [4.78, 5) is 10.7. The first-order valence-electron chi connectivity index (χ1n) is 2.95. The normalized spacial score (nSPS) is 30.6. The lowest BCUT2D eigenvalue weighted by molar-refractivity contribution is -0.119. The predicted molar refractivity (Wildman–Crippen MR) is 41.3 cm³/mol. The van der Waals surface area contributed by atoms with Gasteiger partial charge in [0.25, 0.3) is 0 Å². The second kappa shape index (κ2) is 2.80. The van der Waals surface area contributed by atoms with Crippen LogP contribution in [0, 0.1) is 0 Å². The number of carbonyl (C=O) groups is 1. The zero-order valence-corrected chi connectivity index (χ0v) is 6.85. The fourth-order valence-corrected chi connectivity index (χ4v) is 1.90. The van der Waals surface area contributed by atoms with Crippen LogP contribution in [0.15, 0.2) is 0 Å². The van der Waals surface area contributed by atoms with Gasteiger partial charge < -0.3 is 0 Å². The van der Waals surface area contributed by atoms with Gasteiger partial charge in [-0.2, -0.15) is 0 Å². The second-order valence-corrected chi connectivity index (χ2v) is 3.99. The van der Waals surface area contributed by atoms with Crippen molar-refractivity contribution < 1.29 is 4.79 Å². The number of halogens is 1. The Morgan fingerprint density at radius 1 is 1.62 bits per heavy atom. The van der Waals surface area contributed by atoms with Crippen molar-refractivity contribution in [3.63, 3.8) is 0 Å². The average molecular weight is 224 g/mol. The van der Waals surface area contributed by atoms with Gasteiger partial charge >= 0.3 is 0 Å². The SMILES string of the molecule is O=C1CCCC(I)C1. The molecule has 0 radical (unpaired) electrons. The Bertz CT molecular complexity index is 101. The van der Waals surface area contributed by atoms with Gasteiger partial charge in [0.05, 0.1) is 0 Å². The minimum Gasteiger partial charge on any atom is -0.300 e. The maximum Gasteiger partial charge on any atom is 0.133 e. The minimum absolute atomic E-state index is 0.454. The van der Waals surface area contributed by atoms with Gasteiger partial charge in [-0.05, 0) is 12.8 Å². The largest absolute Gasteiger partial charge is 0.300 e. The molecule has 1 nitrogen and oxygen atoms in total. The van der Waals surface area contributed by atoms with Gasteiger partial charge in [0, 0.05) is 16.8 Å². The monoisotopic (exact) mass is 224 g/mol. The third kappa shape index (κ3) is 1.73. The number of hydrogen-bond donors (Lipinski definition) is 0. The molecule has 8 heavy (non-hydrogen) atoms. The van der Waals surface area contributed by atoms with E-state index in [1.807, 2.05) is 0 Å². The van der Waals surface area contributed by atoms with Gasteiger partial charge in [-0.25, -0.2) is 0 Å². The summed E-state index contributed by atoms with van der Waals surface area (Å²) in [5.74, 6) is 0.454. The first-order chi connectivity index (χ1) is 3.79. The zero-order valence-electron chi connectivity index (χ0n) is 4.69. The number of hydrogen-bond acceptors (Lipinski definition) is 1. The van der Waals surface area contributed by atoms with Gasteiger partial charge in [-0.15, -0.1) is 0 Å². The number of rotatable bonds is 0. The van der Waals surface area contributed by atoms with E-state index in [1.54, 1.807) is 0 Å². The fraction of sp³-hybridized carbons (Fsp3) is 0.833. The van der Waals surface area contributed by atoms with Gasteiger partial charge in [0.15, 0.2) is 0 Å². The Balaban J connectivity index is 2.34. The molecule has 2 heteroatoms. The van der Waals surface area contributed by atoms with Gasteiger partial charge in [0.2, 0.25) is 0 Å².